The third-order valence-corrected chi connectivity index (χ3v) is 2.22. The summed E-state index contributed by atoms with van der Waals surface area (Å²) in [5.74, 6) is 0.896. The molecule has 12 heavy (non-hydrogen) atoms. The van der Waals surface area contributed by atoms with Crippen LogP contribution >= 0.6 is 0 Å². The molecule has 0 aromatic rings. The number of hydrogen-bond acceptors (Lipinski definition) is 3. The van der Waals surface area contributed by atoms with Gasteiger partial charge in [-0.1, -0.05) is 12.8 Å². The molecular formula is C9H19NO2. The summed E-state index contributed by atoms with van der Waals surface area (Å²) in [7, 11) is 0. The molecule has 1 atom stereocenters. The van der Waals surface area contributed by atoms with Crippen LogP contribution in [-0.2, 0) is 4.74 Å². The first-order valence-corrected chi connectivity index (χ1v) is 4.64. The molecule has 1 rings (SSSR count). The van der Waals surface area contributed by atoms with Gasteiger partial charge < -0.3 is 15.6 Å². The highest BCUT2D eigenvalue weighted by Crippen LogP contribution is 2.32. The standard InChI is InChI=1S/C9H19NO2/c1-9(11,6-10)7-12-5-4-8-2-3-8/h8,11H,2-7,10H2,1H3. The van der Waals surface area contributed by atoms with Crippen molar-refractivity contribution in [1.82, 2.24) is 0 Å². The van der Waals surface area contributed by atoms with Crippen LogP contribution in [0.2, 0.25) is 0 Å². The van der Waals surface area contributed by atoms with Crippen molar-refractivity contribution < 1.29 is 9.84 Å². The van der Waals surface area contributed by atoms with Crippen molar-refractivity contribution in [1.29, 1.82) is 0 Å². The summed E-state index contributed by atoms with van der Waals surface area (Å²) in [4.78, 5) is 0. The molecule has 1 aliphatic carbocycles. The van der Waals surface area contributed by atoms with Crippen LogP contribution in [0.3, 0.4) is 0 Å². The lowest BCUT2D eigenvalue weighted by molar-refractivity contribution is -0.0284. The van der Waals surface area contributed by atoms with E-state index in [9.17, 15) is 5.11 Å². The molecule has 0 aliphatic heterocycles. The molecule has 1 unspecified atom stereocenters. The molecule has 1 saturated carbocycles. The maximum atomic E-state index is 9.45. The van der Waals surface area contributed by atoms with E-state index in [0.29, 0.717) is 6.61 Å². The highest BCUT2D eigenvalue weighted by molar-refractivity contribution is 4.74. The Bertz CT molecular complexity index is 132. The lowest BCUT2D eigenvalue weighted by Gasteiger charge is -2.20. The topological polar surface area (TPSA) is 55.5 Å². The van der Waals surface area contributed by atoms with Crippen LogP contribution in [0.1, 0.15) is 26.2 Å². The summed E-state index contributed by atoms with van der Waals surface area (Å²) in [5, 5.41) is 9.45. The Balaban J connectivity index is 1.92. The SMILES string of the molecule is CC(O)(CN)COCCC1CC1. The van der Waals surface area contributed by atoms with E-state index >= 15 is 0 Å². The summed E-state index contributed by atoms with van der Waals surface area (Å²) >= 11 is 0. The Morgan fingerprint density at radius 2 is 2.25 bits per heavy atom. The van der Waals surface area contributed by atoms with Gasteiger partial charge in [0.25, 0.3) is 0 Å². The summed E-state index contributed by atoms with van der Waals surface area (Å²) in [6.45, 7) is 3.08. The molecule has 1 fully saturated rings. The van der Waals surface area contributed by atoms with Crippen LogP contribution in [-0.4, -0.2) is 30.5 Å². The van der Waals surface area contributed by atoms with Gasteiger partial charge in [0.2, 0.25) is 0 Å². The van der Waals surface area contributed by atoms with Crippen molar-refractivity contribution in [2.24, 2.45) is 11.7 Å². The molecule has 1 aliphatic rings. The molecule has 0 radical (unpaired) electrons. The highest BCUT2D eigenvalue weighted by Gasteiger charge is 2.22. The largest absolute Gasteiger partial charge is 0.386 e. The van der Waals surface area contributed by atoms with Crippen molar-refractivity contribution in [2.45, 2.75) is 31.8 Å². The highest BCUT2D eigenvalue weighted by atomic mass is 16.5. The Morgan fingerprint density at radius 1 is 1.58 bits per heavy atom. The lowest BCUT2D eigenvalue weighted by Crippen LogP contribution is -2.39. The predicted molar refractivity (Wildman–Crippen MR) is 47.8 cm³/mol. The van der Waals surface area contributed by atoms with E-state index in [1.807, 2.05) is 0 Å². The Labute approximate surface area is 73.9 Å². The summed E-state index contributed by atoms with van der Waals surface area (Å²) in [6.07, 6.45) is 3.86. The summed E-state index contributed by atoms with van der Waals surface area (Å²) in [5.41, 5.74) is 4.49. The summed E-state index contributed by atoms with van der Waals surface area (Å²) < 4.78 is 5.31. The second-order valence-corrected chi connectivity index (χ2v) is 3.99. The van der Waals surface area contributed by atoms with Crippen LogP contribution < -0.4 is 5.73 Å². The number of ether oxygens (including phenoxy) is 1. The van der Waals surface area contributed by atoms with Gasteiger partial charge in [-0.05, 0) is 19.3 Å². The smallest absolute Gasteiger partial charge is 0.0973 e. The van der Waals surface area contributed by atoms with Gasteiger partial charge in [0, 0.05) is 13.2 Å². The number of rotatable bonds is 6. The number of hydrogen-bond donors (Lipinski definition) is 2. The minimum atomic E-state index is -0.844. The fourth-order valence-corrected chi connectivity index (χ4v) is 1.01. The van der Waals surface area contributed by atoms with Crippen LogP contribution in [0.5, 0.6) is 0 Å². The van der Waals surface area contributed by atoms with Gasteiger partial charge in [-0.3, -0.25) is 0 Å². The zero-order valence-corrected chi connectivity index (χ0v) is 7.75. The van der Waals surface area contributed by atoms with Gasteiger partial charge >= 0.3 is 0 Å². The van der Waals surface area contributed by atoms with Crippen LogP contribution in [0.25, 0.3) is 0 Å². The van der Waals surface area contributed by atoms with Crippen molar-refractivity contribution in [3.63, 3.8) is 0 Å². The predicted octanol–water partition coefficient (Wildman–Crippen LogP) is 0.513. The molecule has 0 aromatic heterocycles. The molecule has 3 heteroatoms. The molecule has 0 amide bonds. The van der Waals surface area contributed by atoms with Crippen molar-refractivity contribution in [3.8, 4) is 0 Å². The van der Waals surface area contributed by atoms with Crippen LogP contribution in [0.4, 0.5) is 0 Å². The molecular weight excluding hydrogens is 154 g/mol. The lowest BCUT2D eigenvalue weighted by atomic mass is 10.1. The Kier molecular flexibility index (Phi) is 3.50. The van der Waals surface area contributed by atoms with E-state index < -0.39 is 5.60 Å². The van der Waals surface area contributed by atoms with Gasteiger partial charge in [0.15, 0.2) is 0 Å². The molecule has 0 heterocycles. The van der Waals surface area contributed by atoms with E-state index in [4.69, 9.17) is 10.5 Å². The molecule has 0 saturated heterocycles. The minimum absolute atomic E-state index is 0.260. The normalized spacial score (nSPS) is 22.2. The zero-order chi connectivity index (χ0) is 9.03. The molecule has 3 nitrogen and oxygen atoms in total. The molecule has 72 valence electrons. The van der Waals surface area contributed by atoms with E-state index in [-0.39, 0.29) is 6.54 Å². The van der Waals surface area contributed by atoms with Crippen molar-refractivity contribution >= 4 is 0 Å². The van der Waals surface area contributed by atoms with E-state index in [0.717, 1.165) is 18.9 Å². The fraction of sp³-hybridized carbons (Fsp3) is 1.00. The van der Waals surface area contributed by atoms with Gasteiger partial charge in [-0.15, -0.1) is 0 Å². The van der Waals surface area contributed by atoms with Gasteiger partial charge in [-0.2, -0.15) is 0 Å². The fourth-order valence-electron chi connectivity index (χ4n) is 1.01. The average molecular weight is 173 g/mol. The number of nitrogens with two attached hydrogens (primary N) is 1. The number of aliphatic hydroxyl groups is 1. The molecule has 0 aromatic carbocycles. The third-order valence-electron chi connectivity index (χ3n) is 2.22. The maximum Gasteiger partial charge on any atom is 0.0973 e. The van der Waals surface area contributed by atoms with Crippen LogP contribution in [0, 0.1) is 5.92 Å². The molecule has 0 spiro atoms. The van der Waals surface area contributed by atoms with Gasteiger partial charge in [-0.25, -0.2) is 0 Å². The first kappa shape index (κ1) is 9.96. The molecule has 3 N–H and O–H groups in total. The Morgan fingerprint density at radius 3 is 2.75 bits per heavy atom. The second-order valence-electron chi connectivity index (χ2n) is 3.99. The second kappa shape index (κ2) is 4.21. The van der Waals surface area contributed by atoms with Crippen molar-refractivity contribution in [3.05, 3.63) is 0 Å². The van der Waals surface area contributed by atoms with Gasteiger partial charge in [0.1, 0.15) is 0 Å². The quantitative estimate of drug-likeness (QED) is 0.575. The zero-order valence-electron chi connectivity index (χ0n) is 7.75. The first-order valence-electron chi connectivity index (χ1n) is 4.64. The van der Waals surface area contributed by atoms with E-state index in [1.54, 1.807) is 6.92 Å². The summed E-state index contributed by atoms with van der Waals surface area (Å²) in [6, 6.07) is 0. The maximum absolute atomic E-state index is 9.45. The van der Waals surface area contributed by atoms with Crippen molar-refractivity contribution in [2.75, 3.05) is 19.8 Å². The molecule has 0 bridgehead atoms. The van der Waals surface area contributed by atoms with Gasteiger partial charge in [0.05, 0.1) is 12.2 Å². The van der Waals surface area contributed by atoms with E-state index in [1.165, 1.54) is 12.8 Å². The van der Waals surface area contributed by atoms with E-state index in [2.05, 4.69) is 0 Å². The monoisotopic (exact) mass is 173 g/mol. The Hall–Kier alpha value is -0.120. The average Bonchev–Trinajstić information content (AvgIpc) is 2.82. The first-order chi connectivity index (χ1) is 5.64. The minimum Gasteiger partial charge on any atom is -0.386 e. The third kappa shape index (κ3) is 4.04. The van der Waals surface area contributed by atoms with Crippen LogP contribution in [0.15, 0.2) is 0 Å².